The lowest BCUT2D eigenvalue weighted by molar-refractivity contribution is 0.407. The topological polar surface area (TPSA) is 82.5 Å². The number of piperazine rings is 1. The van der Waals surface area contributed by atoms with Crippen LogP contribution in [0.2, 0.25) is 0 Å². The van der Waals surface area contributed by atoms with E-state index in [2.05, 4.69) is 44.6 Å². The summed E-state index contributed by atoms with van der Waals surface area (Å²) >= 11 is 0. The van der Waals surface area contributed by atoms with Crippen LogP contribution in [-0.2, 0) is 0 Å². The first-order valence-corrected chi connectivity index (χ1v) is 10.4. The van der Waals surface area contributed by atoms with E-state index in [0.29, 0.717) is 34.6 Å². The molecule has 0 spiro atoms. The number of H-pyrrole nitrogens is 1. The van der Waals surface area contributed by atoms with E-state index in [1.54, 1.807) is 13.2 Å². The number of aromatic nitrogens is 4. The second kappa shape index (κ2) is 7.42. The molecular formula is C22H26FN7O. The minimum atomic E-state index is -0.311. The molecule has 8 nitrogen and oxygen atoms in total. The Hall–Kier alpha value is -3.33. The number of halogens is 1. The molecule has 5 rings (SSSR count). The standard InChI is InChI=1S/C22H26FN7O/c1-12-8-29(9-13(2)24-12)16-6-17(23)20-18(7-16)27-28-21(20)26-15-5-19(31-4)22-25-14(3)10-30(22)11-15/h5-7,10-13,24H,8-9H2,1-4H3,(H2,26,27,28)/t12-,13+. The van der Waals surface area contributed by atoms with Crippen LogP contribution in [0.1, 0.15) is 19.5 Å². The maximum absolute atomic E-state index is 15.2. The van der Waals surface area contributed by atoms with Crippen LogP contribution in [0.3, 0.4) is 0 Å². The second-order valence-corrected chi connectivity index (χ2v) is 8.33. The van der Waals surface area contributed by atoms with Crippen LogP contribution in [0.25, 0.3) is 16.6 Å². The lowest BCUT2D eigenvalue weighted by atomic mass is 10.1. The van der Waals surface area contributed by atoms with Crippen LogP contribution < -0.4 is 20.3 Å². The molecule has 0 saturated carbocycles. The number of pyridine rings is 1. The van der Waals surface area contributed by atoms with Crippen molar-refractivity contribution in [2.24, 2.45) is 0 Å². The number of hydrogen-bond donors (Lipinski definition) is 3. The molecular weight excluding hydrogens is 397 g/mol. The number of imidazole rings is 1. The maximum Gasteiger partial charge on any atom is 0.180 e. The molecule has 3 aromatic heterocycles. The number of aromatic amines is 1. The number of anilines is 3. The minimum Gasteiger partial charge on any atom is -0.493 e. The number of rotatable bonds is 4. The fraction of sp³-hybridized carbons (Fsp3) is 0.364. The van der Waals surface area contributed by atoms with E-state index in [4.69, 9.17) is 4.74 Å². The average Bonchev–Trinajstić information content (AvgIpc) is 3.29. The van der Waals surface area contributed by atoms with Gasteiger partial charge in [0.25, 0.3) is 0 Å². The number of benzene rings is 1. The second-order valence-electron chi connectivity index (χ2n) is 8.33. The van der Waals surface area contributed by atoms with E-state index in [1.165, 1.54) is 0 Å². The predicted molar refractivity (Wildman–Crippen MR) is 120 cm³/mol. The van der Waals surface area contributed by atoms with E-state index in [-0.39, 0.29) is 5.82 Å². The molecule has 1 fully saturated rings. The number of nitrogens with one attached hydrogen (secondary N) is 3. The third-order valence-electron chi connectivity index (χ3n) is 5.64. The Kier molecular flexibility index (Phi) is 4.70. The van der Waals surface area contributed by atoms with Crippen LogP contribution in [0.4, 0.5) is 21.6 Å². The van der Waals surface area contributed by atoms with Crippen LogP contribution in [0.5, 0.6) is 5.75 Å². The molecule has 1 aliphatic heterocycles. The maximum atomic E-state index is 15.2. The van der Waals surface area contributed by atoms with Gasteiger partial charge in [-0.05, 0) is 32.9 Å². The zero-order valence-corrected chi connectivity index (χ0v) is 18.0. The van der Waals surface area contributed by atoms with Gasteiger partial charge in [0.1, 0.15) is 5.82 Å². The van der Waals surface area contributed by atoms with Gasteiger partial charge in [-0.2, -0.15) is 5.10 Å². The summed E-state index contributed by atoms with van der Waals surface area (Å²) in [6, 6.07) is 6.08. The van der Waals surface area contributed by atoms with Crippen molar-refractivity contribution in [3.8, 4) is 5.75 Å². The fourth-order valence-electron chi connectivity index (χ4n) is 4.45. The summed E-state index contributed by atoms with van der Waals surface area (Å²) in [4.78, 5) is 6.68. The monoisotopic (exact) mass is 423 g/mol. The highest BCUT2D eigenvalue weighted by molar-refractivity contribution is 5.94. The molecule has 3 N–H and O–H groups in total. The van der Waals surface area contributed by atoms with Gasteiger partial charge in [-0.15, -0.1) is 0 Å². The minimum absolute atomic E-state index is 0.311. The molecule has 2 atom stereocenters. The molecule has 0 aliphatic carbocycles. The van der Waals surface area contributed by atoms with Gasteiger partial charge in [0.05, 0.1) is 29.4 Å². The summed E-state index contributed by atoms with van der Waals surface area (Å²) in [6.45, 7) is 7.87. The Morgan fingerprint density at radius 2 is 1.94 bits per heavy atom. The van der Waals surface area contributed by atoms with Crippen molar-refractivity contribution in [3.05, 3.63) is 42.1 Å². The zero-order chi connectivity index (χ0) is 21.7. The molecule has 31 heavy (non-hydrogen) atoms. The highest BCUT2D eigenvalue weighted by atomic mass is 19.1. The van der Waals surface area contributed by atoms with Gasteiger partial charge >= 0.3 is 0 Å². The van der Waals surface area contributed by atoms with Crippen molar-refractivity contribution < 1.29 is 9.13 Å². The van der Waals surface area contributed by atoms with Gasteiger partial charge in [-0.3, -0.25) is 5.10 Å². The summed E-state index contributed by atoms with van der Waals surface area (Å²) in [5, 5.41) is 14.5. The van der Waals surface area contributed by atoms with Crippen molar-refractivity contribution in [2.45, 2.75) is 32.9 Å². The fourth-order valence-corrected chi connectivity index (χ4v) is 4.45. The average molecular weight is 423 g/mol. The summed E-state index contributed by atoms with van der Waals surface area (Å²) in [6.07, 6.45) is 3.79. The Morgan fingerprint density at radius 3 is 2.68 bits per heavy atom. The highest BCUT2D eigenvalue weighted by Crippen LogP contribution is 2.32. The van der Waals surface area contributed by atoms with Crippen molar-refractivity contribution in [2.75, 3.05) is 30.4 Å². The van der Waals surface area contributed by atoms with Gasteiger partial charge in [0.15, 0.2) is 17.2 Å². The number of aryl methyl sites for hydroxylation is 1. The third kappa shape index (κ3) is 3.54. The Morgan fingerprint density at radius 1 is 1.16 bits per heavy atom. The van der Waals surface area contributed by atoms with Gasteiger partial charge < -0.3 is 24.7 Å². The smallest absolute Gasteiger partial charge is 0.180 e. The van der Waals surface area contributed by atoms with Gasteiger partial charge in [-0.1, -0.05) is 0 Å². The third-order valence-corrected chi connectivity index (χ3v) is 5.64. The largest absolute Gasteiger partial charge is 0.493 e. The highest BCUT2D eigenvalue weighted by Gasteiger charge is 2.23. The first-order chi connectivity index (χ1) is 14.9. The summed E-state index contributed by atoms with van der Waals surface area (Å²) in [5.41, 5.74) is 3.85. The number of nitrogens with zero attached hydrogens (tertiary/aromatic N) is 4. The van der Waals surface area contributed by atoms with Crippen LogP contribution >= 0.6 is 0 Å². The van der Waals surface area contributed by atoms with E-state index in [9.17, 15) is 0 Å². The SMILES string of the molecule is COc1cc(Nc2n[nH]c3cc(N4C[C@@H](C)N[C@@H](C)C4)cc(F)c23)cn2cc(C)nc12. The molecule has 1 aromatic carbocycles. The number of ether oxygens (including phenoxy) is 1. The van der Waals surface area contributed by atoms with Crippen molar-refractivity contribution in [3.63, 3.8) is 0 Å². The molecule has 162 valence electrons. The molecule has 0 unspecified atom stereocenters. The predicted octanol–water partition coefficient (Wildman–Crippen LogP) is 3.60. The number of methoxy groups -OCH3 is 1. The lowest BCUT2D eigenvalue weighted by Crippen LogP contribution is -2.54. The van der Waals surface area contributed by atoms with Crippen molar-refractivity contribution in [1.29, 1.82) is 0 Å². The summed E-state index contributed by atoms with van der Waals surface area (Å²) in [7, 11) is 1.60. The molecule has 4 aromatic rings. The molecule has 0 amide bonds. The first-order valence-electron chi connectivity index (χ1n) is 10.4. The van der Waals surface area contributed by atoms with Crippen molar-refractivity contribution >= 4 is 33.7 Å². The zero-order valence-electron chi connectivity index (χ0n) is 18.0. The van der Waals surface area contributed by atoms with Crippen LogP contribution in [0.15, 0.2) is 30.6 Å². The first kappa shape index (κ1) is 19.6. The van der Waals surface area contributed by atoms with Crippen LogP contribution in [-0.4, -0.2) is 51.9 Å². The molecule has 0 bridgehead atoms. The van der Waals surface area contributed by atoms with Crippen LogP contribution in [0, 0.1) is 12.7 Å². The Labute approximate surface area is 179 Å². The van der Waals surface area contributed by atoms with Gasteiger partial charge in [0.2, 0.25) is 0 Å². The summed E-state index contributed by atoms with van der Waals surface area (Å²) < 4.78 is 22.6. The normalized spacial score (nSPS) is 19.3. The number of hydrogen-bond acceptors (Lipinski definition) is 6. The Balaban J connectivity index is 1.50. The summed E-state index contributed by atoms with van der Waals surface area (Å²) in [5.74, 6) is 0.746. The Bertz CT molecular complexity index is 1250. The van der Waals surface area contributed by atoms with E-state index in [1.807, 2.05) is 35.9 Å². The van der Waals surface area contributed by atoms with E-state index >= 15 is 4.39 Å². The van der Waals surface area contributed by atoms with Gasteiger partial charge in [-0.25, -0.2) is 9.37 Å². The van der Waals surface area contributed by atoms with E-state index < -0.39 is 0 Å². The quantitative estimate of drug-likeness (QED) is 0.465. The van der Waals surface area contributed by atoms with E-state index in [0.717, 1.165) is 35.8 Å². The lowest BCUT2D eigenvalue weighted by Gasteiger charge is -2.37. The molecule has 9 heteroatoms. The molecule has 4 heterocycles. The van der Waals surface area contributed by atoms with Gasteiger partial charge in [0, 0.05) is 49.3 Å². The molecule has 1 aliphatic rings. The molecule has 1 saturated heterocycles. The van der Waals surface area contributed by atoms with Crippen molar-refractivity contribution in [1.82, 2.24) is 24.9 Å². The number of fused-ring (bicyclic) bond motifs is 2. The molecule has 0 radical (unpaired) electrons.